The molecule has 0 aliphatic carbocycles. The van der Waals surface area contributed by atoms with Gasteiger partial charge >= 0.3 is 18.7 Å². The fourth-order valence-electron chi connectivity index (χ4n) is 4.97. The summed E-state index contributed by atoms with van der Waals surface area (Å²) in [5.41, 5.74) is -4.52. The van der Waals surface area contributed by atoms with E-state index in [9.17, 15) is 39.9 Å². The van der Waals surface area contributed by atoms with E-state index in [-0.39, 0.29) is 41.8 Å². The second kappa shape index (κ2) is 14.3. The molecule has 256 valence electrons. The first kappa shape index (κ1) is 36.2. The maximum absolute atomic E-state index is 15.2. The van der Waals surface area contributed by atoms with Gasteiger partial charge in [-0.1, -0.05) is 50.2 Å². The van der Waals surface area contributed by atoms with Gasteiger partial charge in [-0.25, -0.2) is 13.2 Å². The van der Waals surface area contributed by atoms with Gasteiger partial charge in [0.25, 0.3) is 5.91 Å². The topological polar surface area (TPSA) is 50.4 Å². The number of hydrogen-bond acceptors (Lipinski definition) is 3. The number of rotatable bonds is 12. The first-order valence-corrected chi connectivity index (χ1v) is 14.3. The van der Waals surface area contributed by atoms with E-state index in [1.54, 1.807) is 44.2 Å². The summed E-state index contributed by atoms with van der Waals surface area (Å²) < 4.78 is 143. The van der Waals surface area contributed by atoms with Gasteiger partial charge in [-0.05, 0) is 59.2 Å². The summed E-state index contributed by atoms with van der Waals surface area (Å²) in [6.07, 6.45) is -14.9. The van der Waals surface area contributed by atoms with Crippen LogP contribution in [0.4, 0.5) is 43.9 Å². The van der Waals surface area contributed by atoms with Crippen LogP contribution in [0.2, 0.25) is 0 Å². The van der Waals surface area contributed by atoms with E-state index in [2.05, 4.69) is 15.4 Å². The molecule has 0 spiro atoms. The number of ether oxygens (including phenoxy) is 1. The maximum Gasteiger partial charge on any atom is 0.461 e. The van der Waals surface area contributed by atoms with Crippen LogP contribution in [-0.2, 0) is 24.7 Å². The highest BCUT2D eigenvalue weighted by molar-refractivity contribution is 5.95. The third kappa shape index (κ3) is 8.46. The Hall–Kier alpha value is -4.59. The van der Waals surface area contributed by atoms with Gasteiger partial charge < -0.3 is 15.4 Å². The van der Waals surface area contributed by atoms with Crippen LogP contribution in [-0.4, -0.2) is 24.5 Å². The lowest BCUT2D eigenvalue weighted by Crippen LogP contribution is -2.49. The van der Waals surface area contributed by atoms with Crippen LogP contribution in [0.25, 0.3) is 0 Å². The Labute approximate surface area is 268 Å². The van der Waals surface area contributed by atoms with Gasteiger partial charge in [0.05, 0.1) is 11.1 Å². The van der Waals surface area contributed by atoms with E-state index in [1.807, 2.05) is 0 Å². The van der Waals surface area contributed by atoms with Crippen molar-refractivity contribution in [1.82, 2.24) is 10.6 Å². The lowest BCUT2D eigenvalue weighted by atomic mass is 9.77. The fraction of sp³-hybridized carbons (Fsp3) is 0.265. The molecular formula is C34H28F10N2O2. The molecule has 0 radical (unpaired) electrons. The van der Waals surface area contributed by atoms with Crippen LogP contribution < -0.4 is 15.4 Å². The van der Waals surface area contributed by atoms with Gasteiger partial charge in [-0.15, -0.1) is 0 Å². The average molecular weight is 687 g/mol. The fourth-order valence-corrected chi connectivity index (χ4v) is 4.97. The highest BCUT2D eigenvalue weighted by atomic mass is 19.4. The molecule has 0 aromatic heterocycles. The minimum absolute atomic E-state index is 0.00279. The SMILES string of the molecule is CC(C)NCc1cc([C@@](Cc2ccccc2)(NC(=O)c2ccc(F)c(C(F)(F)F)c2)c2cc(F)cc(OC(F)(F)C(F)F)c2)ccc1F. The van der Waals surface area contributed by atoms with Crippen LogP contribution in [0, 0.1) is 17.5 Å². The predicted molar refractivity (Wildman–Crippen MR) is 156 cm³/mol. The quantitative estimate of drug-likeness (QED) is 0.147. The van der Waals surface area contributed by atoms with E-state index < -0.39 is 64.5 Å². The van der Waals surface area contributed by atoms with Crippen molar-refractivity contribution >= 4 is 5.91 Å². The van der Waals surface area contributed by atoms with E-state index in [1.165, 1.54) is 12.1 Å². The highest BCUT2D eigenvalue weighted by Crippen LogP contribution is 2.39. The Morgan fingerprint density at radius 2 is 1.46 bits per heavy atom. The third-order valence-electron chi connectivity index (χ3n) is 7.28. The molecular weight excluding hydrogens is 658 g/mol. The standard InChI is InChI=1S/C34H28F10N2O2/c1-19(2)45-18-22-12-23(9-11-28(22)36)32(17-20-6-4-3-5-7-20,24-14-25(35)16-26(15-24)48-34(43,44)31(38)39)46-30(47)21-8-10-29(37)27(13-21)33(40,41)42/h3-16,19,31,45H,17-18H2,1-2H3,(H,46,47)/t32-/m1/s1. The number of alkyl halides is 7. The average Bonchev–Trinajstić information content (AvgIpc) is 2.99. The summed E-state index contributed by atoms with van der Waals surface area (Å²) in [5.74, 6) is -5.98. The molecule has 4 rings (SSSR count). The molecule has 4 nitrogen and oxygen atoms in total. The van der Waals surface area contributed by atoms with Crippen molar-refractivity contribution in [3.63, 3.8) is 0 Å². The molecule has 14 heteroatoms. The monoisotopic (exact) mass is 686 g/mol. The van der Waals surface area contributed by atoms with E-state index in [4.69, 9.17) is 0 Å². The van der Waals surface area contributed by atoms with Crippen LogP contribution in [0.5, 0.6) is 5.75 Å². The van der Waals surface area contributed by atoms with Gasteiger partial charge in [0, 0.05) is 36.2 Å². The summed E-state index contributed by atoms with van der Waals surface area (Å²) in [7, 11) is 0. The van der Waals surface area contributed by atoms with Crippen LogP contribution in [0.3, 0.4) is 0 Å². The summed E-state index contributed by atoms with van der Waals surface area (Å²) in [5, 5.41) is 5.56. The first-order valence-electron chi connectivity index (χ1n) is 14.3. The summed E-state index contributed by atoms with van der Waals surface area (Å²) >= 11 is 0. The summed E-state index contributed by atoms with van der Waals surface area (Å²) in [6.45, 7) is 3.50. The van der Waals surface area contributed by atoms with Crippen molar-refractivity contribution in [3.05, 3.63) is 136 Å². The van der Waals surface area contributed by atoms with E-state index >= 15 is 8.78 Å². The van der Waals surface area contributed by atoms with Crippen LogP contribution in [0.1, 0.15) is 52.0 Å². The van der Waals surface area contributed by atoms with Gasteiger partial charge in [-0.3, -0.25) is 4.79 Å². The summed E-state index contributed by atoms with van der Waals surface area (Å²) in [4.78, 5) is 13.8. The number of benzene rings is 4. The first-order chi connectivity index (χ1) is 22.4. The normalized spacial score (nSPS) is 13.5. The lowest BCUT2D eigenvalue weighted by Gasteiger charge is -2.37. The second-order valence-electron chi connectivity index (χ2n) is 11.2. The van der Waals surface area contributed by atoms with Gasteiger partial charge in [0.15, 0.2) is 0 Å². The molecule has 0 heterocycles. The predicted octanol–water partition coefficient (Wildman–Crippen LogP) is 8.77. The van der Waals surface area contributed by atoms with Gasteiger partial charge in [0.2, 0.25) is 0 Å². The van der Waals surface area contributed by atoms with E-state index in [0.29, 0.717) is 17.7 Å². The van der Waals surface area contributed by atoms with Gasteiger partial charge in [0.1, 0.15) is 23.2 Å². The van der Waals surface area contributed by atoms with Crippen molar-refractivity contribution in [2.45, 2.75) is 57.1 Å². The van der Waals surface area contributed by atoms with Crippen molar-refractivity contribution in [1.29, 1.82) is 0 Å². The molecule has 4 aromatic carbocycles. The molecule has 1 atom stereocenters. The number of amides is 1. The summed E-state index contributed by atoms with van der Waals surface area (Å²) in [6, 6.07) is 14.6. The Kier molecular flexibility index (Phi) is 10.8. The Balaban J connectivity index is 2.01. The van der Waals surface area contributed by atoms with Gasteiger partial charge in [-0.2, -0.15) is 30.7 Å². The molecule has 1 amide bonds. The lowest BCUT2D eigenvalue weighted by molar-refractivity contribution is -0.253. The molecule has 0 aliphatic heterocycles. The molecule has 0 unspecified atom stereocenters. The molecule has 2 N–H and O–H groups in total. The molecule has 48 heavy (non-hydrogen) atoms. The third-order valence-corrected chi connectivity index (χ3v) is 7.28. The minimum Gasteiger partial charge on any atom is -0.428 e. The maximum atomic E-state index is 15.2. The van der Waals surface area contributed by atoms with Crippen LogP contribution >= 0.6 is 0 Å². The zero-order valence-electron chi connectivity index (χ0n) is 25.2. The number of carbonyl (C=O) groups excluding carboxylic acids is 1. The molecule has 0 bridgehead atoms. The smallest absolute Gasteiger partial charge is 0.428 e. The zero-order chi connectivity index (χ0) is 35.4. The molecule has 0 aliphatic rings. The molecule has 0 saturated heterocycles. The van der Waals surface area contributed by atoms with Crippen molar-refractivity contribution < 1.29 is 53.4 Å². The minimum atomic E-state index is -5.19. The van der Waals surface area contributed by atoms with Crippen molar-refractivity contribution in [2.24, 2.45) is 0 Å². The largest absolute Gasteiger partial charge is 0.461 e. The zero-order valence-corrected chi connectivity index (χ0v) is 25.2. The van der Waals surface area contributed by atoms with Crippen molar-refractivity contribution in [2.75, 3.05) is 0 Å². The van der Waals surface area contributed by atoms with Crippen molar-refractivity contribution in [3.8, 4) is 5.75 Å². The second-order valence-corrected chi connectivity index (χ2v) is 11.2. The molecule has 4 aromatic rings. The molecule has 0 fully saturated rings. The number of halogens is 10. The Morgan fingerprint density at radius 1 is 0.792 bits per heavy atom. The number of nitrogens with one attached hydrogen (secondary N) is 2. The number of carbonyl (C=O) groups is 1. The number of hydrogen-bond donors (Lipinski definition) is 2. The molecule has 0 saturated carbocycles. The Bertz CT molecular complexity index is 1750. The van der Waals surface area contributed by atoms with Crippen LogP contribution in [0.15, 0.2) is 84.9 Å². The van der Waals surface area contributed by atoms with E-state index in [0.717, 1.165) is 24.3 Å². The Morgan fingerprint density at radius 3 is 2.08 bits per heavy atom. The highest BCUT2D eigenvalue weighted by Gasteiger charge is 2.45.